The van der Waals surface area contributed by atoms with Gasteiger partial charge in [-0.15, -0.1) is 0 Å². The lowest BCUT2D eigenvalue weighted by Gasteiger charge is -2.18. The monoisotopic (exact) mass is 334 g/mol. The van der Waals surface area contributed by atoms with E-state index in [0.717, 1.165) is 35.5 Å². The van der Waals surface area contributed by atoms with Gasteiger partial charge < -0.3 is 10.2 Å². The van der Waals surface area contributed by atoms with E-state index >= 15 is 0 Å². The highest BCUT2D eigenvalue weighted by molar-refractivity contribution is 5.68. The Morgan fingerprint density at radius 1 is 1.08 bits per heavy atom. The normalized spacial score (nSPS) is 13.0. The summed E-state index contributed by atoms with van der Waals surface area (Å²) >= 11 is 0. The van der Waals surface area contributed by atoms with E-state index in [1.165, 1.54) is 11.8 Å². The summed E-state index contributed by atoms with van der Waals surface area (Å²) < 4.78 is 14.3. The minimum Gasteiger partial charge on any atom is -0.337 e. The van der Waals surface area contributed by atoms with Gasteiger partial charge >= 0.3 is 0 Å². The Bertz CT molecular complexity index is 939. The van der Waals surface area contributed by atoms with Crippen molar-refractivity contribution in [2.24, 2.45) is 0 Å². The van der Waals surface area contributed by atoms with Gasteiger partial charge in [-0.05, 0) is 49.1 Å². The molecule has 0 atom stereocenters. The molecule has 0 saturated carbocycles. The summed E-state index contributed by atoms with van der Waals surface area (Å²) in [5.74, 6) is 0.249. The maximum Gasteiger partial charge on any atom is 0.232 e. The molecule has 0 radical (unpaired) electrons. The second kappa shape index (κ2) is 6.16. The Hall–Kier alpha value is -2.95. The summed E-state index contributed by atoms with van der Waals surface area (Å²) in [6.07, 6.45) is 2.17. The lowest BCUT2D eigenvalue weighted by atomic mass is 10.1. The zero-order valence-electron chi connectivity index (χ0n) is 14.3. The lowest BCUT2D eigenvalue weighted by Crippen LogP contribution is -2.17. The molecule has 4 nitrogen and oxygen atoms in total. The van der Waals surface area contributed by atoms with Crippen molar-refractivity contribution in [2.75, 3.05) is 16.8 Å². The molecule has 4 rings (SSSR count). The highest BCUT2D eigenvalue weighted by atomic mass is 19.1. The summed E-state index contributed by atoms with van der Waals surface area (Å²) in [5.41, 5.74) is 5.43. The summed E-state index contributed by atoms with van der Waals surface area (Å²) in [6.45, 7) is 4.84. The lowest BCUT2D eigenvalue weighted by molar-refractivity contribution is 0.618. The molecule has 1 N–H and O–H groups in total. The molecule has 0 aliphatic carbocycles. The fourth-order valence-electron chi connectivity index (χ4n) is 3.14. The van der Waals surface area contributed by atoms with Crippen LogP contribution in [0, 0.1) is 19.7 Å². The number of aryl methyl sites for hydroxylation is 1. The topological polar surface area (TPSA) is 41.1 Å². The van der Waals surface area contributed by atoms with Crippen molar-refractivity contribution in [3.8, 4) is 0 Å². The van der Waals surface area contributed by atoms with Crippen LogP contribution >= 0.6 is 0 Å². The van der Waals surface area contributed by atoms with Crippen molar-refractivity contribution in [3.63, 3.8) is 0 Å². The number of hydrogen-bond donors (Lipinski definition) is 1. The molecule has 0 saturated heterocycles. The summed E-state index contributed by atoms with van der Waals surface area (Å²) in [6, 6.07) is 14.1. The third kappa shape index (κ3) is 2.82. The van der Waals surface area contributed by atoms with E-state index < -0.39 is 5.82 Å². The maximum absolute atomic E-state index is 14.3. The van der Waals surface area contributed by atoms with Crippen LogP contribution in [-0.4, -0.2) is 16.5 Å². The highest BCUT2D eigenvalue weighted by Gasteiger charge is 2.23. The first-order valence-electron chi connectivity index (χ1n) is 8.35. The van der Waals surface area contributed by atoms with Crippen molar-refractivity contribution in [3.05, 3.63) is 71.2 Å². The third-order valence-electron chi connectivity index (χ3n) is 4.72. The smallest absolute Gasteiger partial charge is 0.232 e. The molecule has 2 heterocycles. The van der Waals surface area contributed by atoms with Gasteiger partial charge in [0.1, 0.15) is 0 Å². The van der Waals surface area contributed by atoms with E-state index in [1.807, 2.05) is 55.1 Å². The number of benzene rings is 2. The molecule has 3 aromatic rings. The number of hydrogen-bond acceptors (Lipinski definition) is 4. The van der Waals surface area contributed by atoms with Gasteiger partial charge in [-0.25, -0.2) is 9.37 Å². The largest absolute Gasteiger partial charge is 0.337 e. The molecule has 1 aliphatic rings. The molecule has 1 aliphatic heterocycles. The Kier molecular flexibility index (Phi) is 3.84. The van der Waals surface area contributed by atoms with Gasteiger partial charge in [0.05, 0.1) is 6.20 Å². The van der Waals surface area contributed by atoms with Crippen LogP contribution < -0.4 is 10.2 Å². The van der Waals surface area contributed by atoms with Crippen molar-refractivity contribution < 1.29 is 4.39 Å². The summed E-state index contributed by atoms with van der Waals surface area (Å²) in [7, 11) is 0. The van der Waals surface area contributed by atoms with E-state index in [0.29, 0.717) is 5.95 Å². The van der Waals surface area contributed by atoms with E-state index in [2.05, 4.69) is 21.4 Å². The Labute approximate surface area is 146 Å². The Morgan fingerprint density at radius 3 is 2.80 bits per heavy atom. The molecule has 0 fully saturated rings. The van der Waals surface area contributed by atoms with E-state index in [4.69, 9.17) is 0 Å². The van der Waals surface area contributed by atoms with E-state index in [9.17, 15) is 4.39 Å². The van der Waals surface area contributed by atoms with Crippen molar-refractivity contribution in [2.45, 2.75) is 20.3 Å². The van der Waals surface area contributed by atoms with Crippen LogP contribution in [-0.2, 0) is 6.42 Å². The third-order valence-corrected chi connectivity index (χ3v) is 4.72. The summed E-state index contributed by atoms with van der Waals surface area (Å²) in [4.78, 5) is 10.7. The van der Waals surface area contributed by atoms with Crippen molar-refractivity contribution in [1.82, 2.24) is 9.97 Å². The second-order valence-electron chi connectivity index (χ2n) is 6.27. The van der Waals surface area contributed by atoms with Crippen molar-refractivity contribution in [1.29, 1.82) is 0 Å². The molecule has 5 heteroatoms. The minimum atomic E-state index is -0.461. The standard InChI is InChI=1S/C20H19FN4/c1-13-6-5-8-17(14(13)2)23-19-16(21)12-22-20(24-19)25-11-10-15-7-3-4-9-18(15)25/h3-9,12H,10-11H2,1-2H3,(H,22,23,24). The van der Waals surface area contributed by atoms with Gasteiger partial charge in [0, 0.05) is 17.9 Å². The molecular formula is C20H19FN4. The average Bonchev–Trinajstić information content (AvgIpc) is 3.05. The fraction of sp³-hybridized carbons (Fsp3) is 0.200. The van der Waals surface area contributed by atoms with Gasteiger partial charge in [-0.1, -0.05) is 30.3 Å². The number of aromatic nitrogens is 2. The van der Waals surface area contributed by atoms with Crippen LogP contribution in [0.3, 0.4) is 0 Å². The first-order chi connectivity index (χ1) is 12.1. The number of nitrogens with one attached hydrogen (secondary N) is 1. The maximum atomic E-state index is 14.3. The van der Waals surface area contributed by atoms with Crippen LogP contribution in [0.2, 0.25) is 0 Å². The van der Waals surface area contributed by atoms with Crippen LogP contribution in [0.4, 0.5) is 27.5 Å². The Balaban J connectivity index is 1.69. The van der Waals surface area contributed by atoms with Crippen molar-refractivity contribution >= 4 is 23.1 Å². The van der Waals surface area contributed by atoms with Gasteiger partial charge in [0.2, 0.25) is 5.95 Å². The number of fused-ring (bicyclic) bond motifs is 1. The summed E-state index contributed by atoms with van der Waals surface area (Å²) in [5, 5.41) is 3.12. The quantitative estimate of drug-likeness (QED) is 0.756. The molecule has 0 amide bonds. The second-order valence-corrected chi connectivity index (χ2v) is 6.27. The number of para-hydroxylation sites is 1. The first-order valence-corrected chi connectivity index (χ1v) is 8.35. The van der Waals surface area contributed by atoms with Gasteiger partial charge in [-0.2, -0.15) is 4.98 Å². The first kappa shape index (κ1) is 15.6. The number of nitrogens with zero attached hydrogens (tertiary/aromatic N) is 3. The zero-order chi connectivity index (χ0) is 17.4. The molecule has 2 aromatic carbocycles. The van der Waals surface area contributed by atoms with Gasteiger partial charge in [0.25, 0.3) is 0 Å². The fourth-order valence-corrected chi connectivity index (χ4v) is 3.14. The molecule has 126 valence electrons. The molecule has 25 heavy (non-hydrogen) atoms. The zero-order valence-corrected chi connectivity index (χ0v) is 14.3. The van der Waals surface area contributed by atoms with Crippen LogP contribution in [0.15, 0.2) is 48.7 Å². The van der Waals surface area contributed by atoms with Crippen LogP contribution in [0.5, 0.6) is 0 Å². The average molecular weight is 334 g/mol. The van der Waals surface area contributed by atoms with E-state index in [-0.39, 0.29) is 5.82 Å². The number of halogens is 1. The predicted molar refractivity (Wildman–Crippen MR) is 98.3 cm³/mol. The predicted octanol–water partition coefficient (Wildman–Crippen LogP) is 4.67. The SMILES string of the molecule is Cc1cccc(Nc2nc(N3CCc4ccccc43)ncc2F)c1C. The van der Waals surface area contributed by atoms with E-state index in [1.54, 1.807) is 0 Å². The number of rotatable bonds is 3. The molecule has 0 spiro atoms. The Morgan fingerprint density at radius 2 is 1.92 bits per heavy atom. The molecule has 0 unspecified atom stereocenters. The van der Waals surface area contributed by atoms with Crippen LogP contribution in [0.25, 0.3) is 0 Å². The minimum absolute atomic E-state index is 0.197. The van der Waals surface area contributed by atoms with Crippen LogP contribution in [0.1, 0.15) is 16.7 Å². The molecular weight excluding hydrogens is 315 g/mol. The van der Waals surface area contributed by atoms with Gasteiger partial charge in [0.15, 0.2) is 11.6 Å². The highest BCUT2D eigenvalue weighted by Crippen LogP contribution is 2.33. The molecule has 0 bridgehead atoms. The molecule has 1 aromatic heterocycles. The number of anilines is 4. The van der Waals surface area contributed by atoms with Gasteiger partial charge in [-0.3, -0.25) is 0 Å².